The molecule has 20 heavy (non-hydrogen) atoms. The smallest absolute Gasteiger partial charge is 0.250 e. The monoisotopic (exact) mass is 272 g/mol. The first-order chi connectivity index (χ1) is 9.46. The Kier molecular flexibility index (Phi) is 3.63. The molecule has 0 aromatic heterocycles. The van der Waals surface area contributed by atoms with E-state index in [1.807, 2.05) is 0 Å². The van der Waals surface area contributed by atoms with Gasteiger partial charge in [0.15, 0.2) is 11.3 Å². The number of nitrogens with two attached hydrogens (primary N) is 2. The number of hydrogen-bond donors (Lipinski definition) is 2. The number of benzene rings is 2. The van der Waals surface area contributed by atoms with Gasteiger partial charge in [0.2, 0.25) is 5.91 Å². The van der Waals surface area contributed by atoms with Gasteiger partial charge in [0, 0.05) is 5.56 Å². The summed E-state index contributed by atoms with van der Waals surface area (Å²) in [6, 6.07) is 13.0. The van der Waals surface area contributed by atoms with Crippen molar-refractivity contribution in [2.75, 3.05) is 0 Å². The van der Waals surface area contributed by atoms with E-state index in [4.69, 9.17) is 11.5 Å². The highest BCUT2D eigenvalue weighted by Gasteiger charge is 2.42. The summed E-state index contributed by atoms with van der Waals surface area (Å²) in [5.74, 6) is -2.32. The molecule has 0 aliphatic rings. The summed E-state index contributed by atoms with van der Waals surface area (Å²) >= 11 is 0. The molecule has 102 valence electrons. The number of rotatable bonds is 4. The van der Waals surface area contributed by atoms with E-state index in [-0.39, 0.29) is 11.1 Å². The van der Waals surface area contributed by atoms with E-state index in [1.165, 1.54) is 30.3 Å². The molecule has 0 fully saturated rings. The second kappa shape index (κ2) is 5.22. The summed E-state index contributed by atoms with van der Waals surface area (Å²) in [6.07, 6.45) is 0. The molecule has 2 rings (SSSR count). The Bertz CT molecular complexity index is 658. The van der Waals surface area contributed by atoms with Crippen LogP contribution in [0.2, 0.25) is 0 Å². The van der Waals surface area contributed by atoms with Crippen molar-refractivity contribution in [3.63, 3.8) is 0 Å². The minimum Gasteiger partial charge on any atom is -0.367 e. The molecule has 0 aliphatic carbocycles. The normalized spacial score (nSPS) is 13.5. The minimum atomic E-state index is -2.02. The molecule has 0 radical (unpaired) electrons. The molecule has 1 amide bonds. The molecule has 4 nitrogen and oxygen atoms in total. The Morgan fingerprint density at radius 1 is 1.00 bits per heavy atom. The third-order valence-electron chi connectivity index (χ3n) is 3.06. The number of hydrogen-bond acceptors (Lipinski definition) is 3. The lowest BCUT2D eigenvalue weighted by molar-refractivity contribution is -0.121. The van der Waals surface area contributed by atoms with Crippen LogP contribution in [0.25, 0.3) is 0 Å². The van der Waals surface area contributed by atoms with Crippen LogP contribution in [0.4, 0.5) is 4.39 Å². The lowest BCUT2D eigenvalue weighted by atomic mass is 9.83. The molecular weight excluding hydrogens is 259 g/mol. The highest BCUT2D eigenvalue weighted by Crippen LogP contribution is 2.23. The Labute approximate surface area is 115 Å². The van der Waals surface area contributed by atoms with Gasteiger partial charge in [-0.25, -0.2) is 4.39 Å². The van der Waals surface area contributed by atoms with Gasteiger partial charge in [0.25, 0.3) is 0 Å². The molecular formula is C15H13FN2O2. The average Bonchev–Trinajstić information content (AvgIpc) is 2.46. The first-order valence-corrected chi connectivity index (χ1v) is 5.91. The number of Topliss-reactive ketones (excluding diaryl/α,β-unsaturated/α-hetero) is 1. The van der Waals surface area contributed by atoms with Crippen molar-refractivity contribution >= 4 is 11.7 Å². The molecule has 4 N–H and O–H groups in total. The summed E-state index contributed by atoms with van der Waals surface area (Å²) in [4.78, 5) is 24.2. The Morgan fingerprint density at radius 2 is 1.65 bits per heavy atom. The van der Waals surface area contributed by atoms with Crippen molar-refractivity contribution in [2.45, 2.75) is 5.54 Å². The zero-order chi connectivity index (χ0) is 14.8. The van der Waals surface area contributed by atoms with E-state index in [0.717, 1.165) is 6.07 Å². The molecule has 1 unspecified atom stereocenters. The fourth-order valence-electron chi connectivity index (χ4n) is 1.94. The molecule has 0 heterocycles. The van der Waals surface area contributed by atoms with Gasteiger partial charge in [-0.3, -0.25) is 9.59 Å². The van der Waals surface area contributed by atoms with Gasteiger partial charge in [-0.15, -0.1) is 0 Å². The lowest BCUT2D eigenvalue weighted by Crippen LogP contribution is -2.55. The maximum absolute atomic E-state index is 13.2. The number of ketones is 1. The SMILES string of the molecule is NC(=O)C(N)(C(=O)c1cccc(F)c1)c1ccccc1. The van der Waals surface area contributed by atoms with Gasteiger partial charge in [-0.1, -0.05) is 42.5 Å². The van der Waals surface area contributed by atoms with E-state index >= 15 is 0 Å². The zero-order valence-electron chi connectivity index (χ0n) is 10.5. The van der Waals surface area contributed by atoms with Crippen molar-refractivity contribution in [2.24, 2.45) is 11.5 Å². The standard InChI is InChI=1S/C15H13FN2O2/c16-12-8-4-5-10(9-12)13(19)15(18,14(17)20)11-6-2-1-3-7-11/h1-9H,18H2,(H2,17,20). The predicted molar refractivity (Wildman–Crippen MR) is 72.2 cm³/mol. The van der Waals surface area contributed by atoms with Crippen LogP contribution < -0.4 is 11.5 Å². The van der Waals surface area contributed by atoms with Crippen molar-refractivity contribution in [3.05, 3.63) is 71.5 Å². The van der Waals surface area contributed by atoms with E-state index in [2.05, 4.69) is 0 Å². The van der Waals surface area contributed by atoms with E-state index in [0.29, 0.717) is 0 Å². The highest BCUT2D eigenvalue weighted by atomic mass is 19.1. The van der Waals surface area contributed by atoms with Crippen LogP contribution in [0.5, 0.6) is 0 Å². The fraction of sp³-hybridized carbons (Fsp3) is 0.0667. The Hall–Kier alpha value is -2.53. The maximum atomic E-state index is 13.2. The molecule has 0 saturated heterocycles. The number of halogens is 1. The van der Waals surface area contributed by atoms with E-state index in [1.54, 1.807) is 18.2 Å². The van der Waals surface area contributed by atoms with E-state index in [9.17, 15) is 14.0 Å². The molecule has 2 aromatic carbocycles. The first-order valence-electron chi connectivity index (χ1n) is 5.91. The second-order valence-corrected chi connectivity index (χ2v) is 4.38. The lowest BCUT2D eigenvalue weighted by Gasteiger charge is -2.25. The van der Waals surface area contributed by atoms with Crippen LogP contribution >= 0.6 is 0 Å². The highest BCUT2D eigenvalue weighted by molar-refractivity contribution is 6.17. The summed E-state index contributed by atoms with van der Waals surface area (Å²) < 4.78 is 13.2. The van der Waals surface area contributed by atoms with E-state index < -0.39 is 23.0 Å². The van der Waals surface area contributed by atoms with Crippen molar-refractivity contribution in [1.29, 1.82) is 0 Å². The largest absolute Gasteiger partial charge is 0.367 e. The third kappa shape index (κ3) is 2.31. The molecule has 1 atom stereocenters. The number of primary amides is 1. The summed E-state index contributed by atoms with van der Waals surface area (Å²) in [6.45, 7) is 0. The molecule has 0 spiro atoms. The van der Waals surface area contributed by atoms with Crippen LogP contribution in [0, 0.1) is 5.82 Å². The molecule has 5 heteroatoms. The number of carbonyl (C=O) groups is 2. The van der Waals surface area contributed by atoms with Crippen LogP contribution in [-0.2, 0) is 10.3 Å². The zero-order valence-corrected chi connectivity index (χ0v) is 10.5. The van der Waals surface area contributed by atoms with Gasteiger partial charge in [-0.05, 0) is 17.7 Å². The summed E-state index contributed by atoms with van der Waals surface area (Å²) in [5, 5.41) is 0. The van der Waals surface area contributed by atoms with Gasteiger partial charge >= 0.3 is 0 Å². The van der Waals surface area contributed by atoms with Gasteiger partial charge in [-0.2, -0.15) is 0 Å². The molecule has 0 saturated carbocycles. The van der Waals surface area contributed by atoms with Crippen molar-refractivity contribution in [3.8, 4) is 0 Å². The van der Waals surface area contributed by atoms with Crippen LogP contribution in [0.15, 0.2) is 54.6 Å². The predicted octanol–water partition coefficient (Wildman–Crippen LogP) is 1.35. The Balaban J connectivity index is 2.54. The third-order valence-corrected chi connectivity index (χ3v) is 3.06. The average molecular weight is 272 g/mol. The topological polar surface area (TPSA) is 86.2 Å². The molecule has 0 bridgehead atoms. The van der Waals surface area contributed by atoms with Crippen molar-refractivity contribution < 1.29 is 14.0 Å². The summed E-state index contributed by atoms with van der Waals surface area (Å²) in [7, 11) is 0. The van der Waals surface area contributed by atoms with Crippen LogP contribution in [0.1, 0.15) is 15.9 Å². The number of amides is 1. The summed E-state index contributed by atoms with van der Waals surface area (Å²) in [5.41, 5.74) is 9.48. The van der Waals surface area contributed by atoms with Gasteiger partial charge < -0.3 is 11.5 Å². The first kappa shape index (κ1) is 13.9. The van der Waals surface area contributed by atoms with Crippen LogP contribution in [-0.4, -0.2) is 11.7 Å². The fourth-order valence-corrected chi connectivity index (χ4v) is 1.94. The van der Waals surface area contributed by atoms with Gasteiger partial charge in [0.05, 0.1) is 0 Å². The second-order valence-electron chi connectivity index (χ2n) is 4.38. The number of carbonyl (C=O) groups excluding carboxylic acids is 2. The quantitative estimate of drug-likeness (QED) is 0.650. The minimum absolute atomic E-state index is 0.00449. The van der Waals surface area contributed by atoms with Crippen LogP contribution in [0.3, 0.4) is 0 Å². The van der Waals surface area contributed by atoms with Crippen molar-refractivity contribution in [1.82, 2.24) is 0 Å². The maximum Gasteiger partial charge on any atom is 0.250 e. The molecule has 2 aromatic rings. The van der Waals surface area contributed by atoms with Gasteiger partial charge in [0.1, 0.15) is 5.82 Å². The Morgan fingerprint density at radius 3 is 2.20 bits per heavy atom. The molecule has 0 aliphatic heterocycles.